The summed E-state index contributed by atoms with van der Waals surface area (Å²) in [5.74, 6) is 0.127. The van der Waals surface area contributed by atoms with Crippen molar-refractivity contribution in [3.05, 3.63) is 59.1 Å². The highest BCUT2D eigenvalue weighted by Gasteiger charge is 2.19. The number of amides is 1. The lowest BCUT2D eigenvalue weighted by molar-refractivity contribution is -0.122. The number of Topliss-reactive ketones (excluding diaryl/α,β-unsaturated/α-hetero) is 1. The van der Waals surface area contributed by atoms with Crippen LogP contribution in [0.4, 0.5) is 5.69 Å². The highest BCUT2D eigenvalue weighted by molar-refractivity contribution is 6.32. The summed E-state index contributed by atoms with van der Waals surface area (Å²) in [6.45, 7) is 3.34. The molecule has 0 saturated heterocycles. The van der Waals surface area contributed by atoms with Gasteiger partial charge in [-0.1, -0.05) is 42.8 Å². The van der Waals surface area contributed by atoms with E-state index in [1.54, 1.807) is 48.5 Å². The van der Waals surface area contributed by atoms with Crippen LogP contribution in [0.25, 0.3) is 0 Å². The lowest BCUT2D eigenvalue weighted by Gasteiger charge is -2.18. The van der Waals surface area contributed by atoms with Crippen LogP contribution in [0.2, 0.25) is 5.02 Å². The summed E-state index contributed by atoms with van der Waals surface area (Å²) in [7, 11) is 0. The topological polar surface area (TPSA) is 55.4 Å². The normalized spacial score (nSPS) is 11.6. The third-order valence-corrected chi connectivity index (χ3v) is 3.62. The van der Waals surface area contributed by atoms with Crippen molar-refractivity contribution in [2.45, 2.75) is 26.4 Å². The summed E-state index contributed by atoms with van der Waals surface area (Å²) < 4.78 is 5.70. The number of hydrogen-bond donors (Lipinski definition) is 1. The Morgan fingerprint density at radius 2 is 1.91 bits per heavy atom. The number of hydrogen-bond acceptors (Lipinski definition) is 3. The third kappa shape index (κ3) is 4.57. The molecule has 0 aliphatic carbocycles. The van der Waals surface area contributed by atoms with Gasteiger partial charge in [0.2, 0.25) is 0 Å². The monoisotopic (exact) mass is 331 g/mol. The Morgan fingerprint density at radius 1 is 1.17 bits per heavy atom. The molecule has 0 aliphatic heterocycles. The minimum absolute atomic E-state index is 0.0551. The average Bonchev–Trinajstić information content (AvgIpc) is 2.54. The van der Waals surface area contributed by atoms with Gasteiger partial charge in [0, 0.05) is 11.3 Å². The van der Waals surface area contributed by atoms with Crippen molar-refractivity contribution in [3.63, 3.8) is 0 Å². The van der Waals surface area contributed by atoms with Gasteiger partial charge in [0.25, 0.3) is 5.91 Å². The van der Waals surface area contributed by atoms with Crippen LogP contribution in [-0.2, 0) is 4.79 Å². The number of benzene rings is 2. The molecule has 0 aliphatic rings. The van der Waals surface area contributed by atoms with Gasteiger partial charge in [-0.3, -0.25) is 9.59 Å². The van der Waals surface area contributed by atoms with Crippen molar-refractivity contribution >= 4 is 29.0 Å². The maximum Gasteiger partial charge on any atom is 0.265 e. The first-order chi connectivity index (χ1) is 11.0. The second-order valence-corrected chi connectivity index (χ2v) is 5.48. The molecule has 0 saturated carbocycles. The molecule has 0 fully saturated rings. The molecule has 0 heterocycles. The zero-order valence-electron chi connectivity index (χ0n) is 13.0. The molecular formula is C18H18ClNO3. The molecule has 2 aromatic rings. The van der Waals surface area contributed by atoms with Crippen molar-refractivity contribution in [2.24, 2.45) is 0 Å². The molecule has 0 aromatic heterocycles. The molecule has 1 N–H and O–H groups in total. The molecule has 4 nitrogen and oxygen atoms in total. The van der Waals surface area contributed by atoms with Gasteiger partial charge < -0.3 is 10.1 Å². The Morgan fingerprint density at radius 3 is 2.57 bits per heavy atom. The molecule has 2 aromatic carbocycles. The first kappa shape index (κ1) is 17.0. The van der Waals surface area contributed by atoms with Gasteiger partial charge >= 0.3 is 0 Å². The van der Waals surface area contributed by atoms with E-state index >= 15 is 0 Å². The SMILES string of the molecule is CC[C@H](Oc1ccccc1Cl)C(=O)Nc1cccc(C(C)=O)c1. The fourth-order valence-corrected chi connectivity index (χ4v) is 2.23. The maximum absolute atomic E-state index is 12.4. The average molecular weight is 332 g/mol. The molecule has 0 radical (unpaired) electrons. The van der Waals surface area contributed by atoms with Gasteiger partial charge in [-0.15, -0.1) is 0 Å². The van der Waals surface area contributed by atoms with Crippen LogP contribution in [0.1, 0.15) is 30.6 Å². The first-order valence-electron chi connectivity index (χ1n) is 7.34. The number of carbonyl (C=O) groups excluding carboxylic acids is 2. The molecule has 5 heteroatoms. The molecule has 2 rings (SSSR count). The minimum atomic E-state index is -0.670. The number of nitrogens with one attached hydrogen (secondary N) is 1. The summed E-state index contributed by atoms with van der Waals surface area (Å²) >= 11 is 6.05. The smallest absolute Gasteiger partial charge is 0.265 e. The minimum Gasteiger partial charge on any atom is -0.479 e. The van der Waals surface area contributed by atoms with E-state index in [2.05, 4.69) is 5.32 Å². The summed E-state index contributed by atoms with van der Waals surface area (Å²) in [4.78, 5) is 23.8. The first-order valence-corrected chi connectivity index (χ1v) is 7.72. The van der Waals surface area contributed by atoms with Crippen molar-refractivity contribution in [2.75, 3.05) is 5.32 Å². The molecule has 120 valence electrons. The van der Waals surface area contributed by atoms with E-state index < -0.39 is 6.10 Å². The van der Waals surface area contributed by atoms with E-state index in [1.807, 2.05) is 6.92 Å². The third-order valence-electron chi connectivity index (χ3n) is 3.31. The number of carbonyl (C=O) groups is 2. The fourth-order valence-electron chi connectivity index (χ4n) is 2.05. The second kappa shape index (κ2) is 7.79. The quantitative estimate of drug-likeness (QED) is 0.801. The maximum atomic E-state index is 12.4. The Balaban J connectivity index is 2.10. The van der Waals surface area contributed by atoms with E-state index in [9.17, 15) is 9.59 Å². The van der Waals surface area contributed by atoms with Gasteiger partial charge in [0.15, 0.2) is 11.9 Å². The second-order valence-electron chi connectivity index (χ2n) is 5.07. The molecule has 1 amide bonds. The number of halogens is 1. The number of anilines is 1. The van der Waals surface area contributed by atoms with Crippen LogP contribution in [0, 0.1) is 0 Å². The van der Waals surface area contributed by atoms with Crippen LogP contribution >= 0.6 is 11.6 Å². The van der Waals surface area contributed by atoms with Crippen LogP contribution in [0.15, 0.2) is 48.5 Å². The summed E-state index contributed by atoms with van der Waals surface area (Å²) in [6, 6.07) is 13.8. The molecule has 0 bridgehead atoms. The Hall–Kier alpha value is -2.33. The summed E-state index contributed by atoms with van der Waals surface area (Å²) in [5.41, 5.74) is 1.10. The van der Waals surface area contributed by atoms with E-state index in [1.165, 1.54) is 6.92 Å². The van der Waals surface area contributed by atoms with Crippen LogP contribution < -0.4 is 10.1 Å². The number of rotatable bonds is 6. The van der Waals surface area contributed by atoms with Gasteiger partial charge in [0.05, 0.1) is 5.02 Å². The van der Waals surface area contributed by atoms with E-state index in [0.717, 1.165) is 0 Å². The molecular weight excluding hydrogens is 314 g/mol. The van der Waals surface area contributed by atoms with E-state index in [4.69, 9.17) is 16.3 Å². The van der Waals surface area contributed by atoms with Crippen molar-refractivity contribution < 1.29 is 14.3 Å². The van der Waals surface area contributed by atoms with Crippen LogP contribution in [0.5, 0.6) is 5.75 Å². The molecule has 1 atom stereocenters. The lowest BCUT2D eigenvalue weighted by Crippen LogP contribution is -2.32. The van der Waals surface area contributed by atoms with Crippen LogP contribution in [-0.4, -0.2) is 17.8 Å². The summed E-state index contributed by atoms with van der Waals surface area (Å²) in [6.07, 6.45) is -0.181. The van der Waals surface area contributed by atoms with E-state index in [0.29, 0.717) is 28.4 Å². The number of ether oxygens (including phenoxy) is 1. The van der Waals surface area contributed by atoms with E-state index in [-0.39, 0.29) is 11.7 Å². The lowest BCUT2D eigenvalue weighted by atomic mass is 10.1. The summed E-state index contributed by atoms with van der Waals surface area (Å²) in [5, 5.41) is 3.22. The van der Waals surface area contributed by atoms with Crippen molar-refractivity contribution in [1.82, 2.24) is 0 Å². The molecule has 0 unspecified atom stereocenters. The Bertz CT molecular complexity index is 715. The van der Waals surface area contributed by atoms with Crippen LogP contribution in [0.3, 0.4) is 0 Å². The van der Waals surface area contributed by atoms with Gasteiger partial charge in [-0.2, -0.15) is 0 Å². The van der Waals surface area contributed by atoms with Gasteiger partial charge in [-0.05, 0) is 37.6 Å². The predicted molar refractivity (Wildman–Crippen MR) is 91.2 cm³/mol. The van der Waals surface area contributed by atoms with Gasteiger partial charge in [-0.25, -0.2) is 0 Å². The largest absolute Gasteiger partial charge is 0.479 e. The van der Waals surface area contributed by atoms with Crippen molar-refractivity contribution in [1.29, 1.82) is 0 Å². The fraction of sp³-hybridized carbons (Fsp3) is 0.222. The standard InChI is InChI=1S/C18H18ClNO3/c1-3-16(23-17-10-5-4-9-15(17)19)18(22)20-14-8-6-7-13(11-14)12(2)21/h4-11,16H,3H2,1-2H3,(H,20,22)/t16-/m0/s1. The zero-order chi connectivity index (χ0) is 16.8. The Labute approximate surface area is 140 Å². The molecule has 23 heavy (non-hydrogen) atoms. The van der Waals surface area contributed by atoms with Crippen molar-refractivity contribution in [3.8, 4) is 5.75 Å². The predicted octanol–water partition coefficient (Wildman–Crippen LogP) is 4.34. The number of para-hydroxylation sites is 1. The Kier molecular flexibility index (Phi) is 5.77. The number of ketones is 1. The zero-order valence-corrected chi connectivity index (χ0v) is 13.8. The highest BCUT2D eigenvalue weighted by atomic mass is 35.5. The molecule has 0 spiro atoms. The highest BCUT2D eigenvalue weighted by Crippen LogP contribution is 2.25. The van der Waals surface area contributed by atoms with Gasteiger partial charge in [0.1, 0.15) is 5.75 Å².